The van der Waals surface area contributed by atoms with Gasteiger partial charge in [-0.2, -0.15) is 0 Å². The van der Waals surface area contributed by atoms with Crippen LogP contribution in [0.15, 0.2) is 54.6 Å². The van der Waals surface area contributed by atoms with Gasteiger partial charge in [-0.1, -0.05) is 68.4 Å². The molecule has 0 radical (unpaired) electrons. The van der Waals surface area contributed by atoms with E-state index in [4.69, 9.17) is 9.31 Å². The van der Waals surface area contributed by atoms with Gasteiger partial charge in [0, 0.05) is 11.1 Å². The lowest BCUT2D eigenvalue weighted by Crippen LogP contribution is -2.62. The first kappa shape index (κ1) is 17.5. The fourth-order valence-corrected chi connectivity index (χ4v) is 3.90. The van der Waals surface area contributed by atoms with Gasteiger partial charge < -0.3 is 13.8 Å². The van der Waals surface area contributed by atoms with Crippen LogP contribution in [-0.4, -0.2) is 29.3 Å². The molecule has 1 saturated heterocycles. The van der Waals surface area contributed by atoms with E-state index in [1.54, 1.807) is 13.8 Å². The van der Waals surface area contributed by atoms with E-state index in [1.807, 2.05) is 72.2 Å². The Bertz CT molecular complexity index is 918. The van der Waals surface area contributed by atoms with Gasteiger partial charge in [-0.3, -0.25) is 9.59 Å². The highest BCUT2D eigenvalue weighted by Crippen LogP contribution is 2.32. The van der Waals surface area contributed by atoms with Crippen molar-refractivity contribution in [2.45, 2.75) is 26.8 Å². The zero-order valence-electron chi connectivity index (χ0n) is 15.7. The summed E-state index contributed by atoms with van der Waals surface area (Å²) >= 11 is 0. The van der Waals surface area contributed by atoms with E-state index in [-0.39, 0.29) is 6.04 Å². The molecule has 1 spiro atoms. The van der Waals surface area contributed by atoms with E-state index in [1.165, 1.54) is 0 Å². The average molecular weight is 363 g/mol. The Morgan fingerprint density at radius 1 is 0.889 bits per heavy atom. The molecule has 0 aromatic heterocycles. The lowest BCUT2D eigenvalue weighted by molar-refractivity contribution is -0.467. The van der Waals surface area contributed by atoms with Crippen LogP contribution in [-0.2, 0) is 18.9 Å². The van der Waals surface area contributed by atoms with Gasteiger partial charge in [0.05, 0.1) is 11.8 Å². The number of carbonyl (C=O) groups excluding carboxylic acids is 2. The normalized spacial score (nSPS) is 28.0. The van der Waals surface area contributed by atoms with Crippen LogP contribution in [0.2, 0.25) is 0 Å². The van der Waals surface area contributed by atoms with Gasteiger partial charge in [-0.25, -0.2) is 0 Å². The third kappa shape index (κ3) is 2.67. The van der Waals surface area contributed by atoms with Crippen molar-refractivity contribution in [2.75, 3.05) is 0 Å². The zero-order chi connectivity index (χ0) is 19.2. The first-order valence-electron chi connectivity index (χ1n) is 9.31. The minimum atomic E-state index is -2.44. The lowest BCUT2D eigenvalue weighted by atomic mass is 9.62. The van der Waals surface area contributed by atoms with Crippen molar-refractivity contribution in [3.8, 4) is 0 Å². The number of nitrogens with zero attached hydrogens (tertiary/aromatic N) is 1. The van der Waals surface area contributed by atoms with Crippen LogP contribution >= 0.6 is 0 Å². The van der Waals surface area contributed by atoms with E-state index >= 15 is 0 Å². The van der Waals surface area contributed by atoms with Crippen molar-refractivity contribution in [3.05, 3.63) is 65.7 Å². The first-order valence-corrected chi connectivity index (χ1v) is 9.31. The number of hydrogen-bond acceptors (Lipinski definition) is 4. The molecule has 27 heavy (non-hydrogen) atoms. The van der Waals surface area contributed by atoms with Gasteiger partial charge in [0.15, 0.2) is 0 Å². The van der Waals surface area contributed by atoms with Gasteiger partial charge in [-0.15, -0.1) is 0 Å². The van der Waals surface area contributed by atoms with Crippen molar-refractivity contribution in [3.63, 3.8) is 0 Å². The maximum atomic E-state index is 12.8. The Morgan fingerprint density at radius 2 is 1.44 bits per heavy atom. The second-order valence-corrected chi connectivity index (χ2v) is 7.41. The standard InChI is InChI=1S/C21H22BNO4/c1-14-15(2)21(25)27-22(26-20(14)24)19-12-8-7-11-18(19)13-23(22)16(3)17-9-5-4-6-10-17/h4-16H,1-3H3/t14-,15?,16-,22?/m1/s1. The molecule has 0 bridgehead atoms. The molecule has 0 amide bonds. The monoisotopic (exact) mass is 363 g/mol. The number of fused-ring (bicyclic) bond motifs is 2. The second-order valence-electron chi connectivity index (χ2n) is 7.41. The summed E-state index contributed by atoms with van der Waals surface area (Å²) in [6.07, 6.45) is 1.92. The van der Waals surface area contributed by atoms with Gasteiger partial charge in [-0.05, 0) is 12.4 Å². The molecule has 4 atom stereocenters. The Labute approximate surface area is 158 Å². The van der Waals surface area contributed by atoms with Gasteiger partial charge in [0.1, 0.15) is 12.3 Å². The summed E-state index contributed by atoms with van der Waals surface area (Å²) in [6, 6.07) is 17.3. The maximum absolute atomic E-state index is 12.8. The fraction of sp³-hybridized carbons (Fsp3) is 0.286. The van der Waals surface area contributed by atoms with Crippen LogP contribution in [0.4, 0.5) is 0 Å². The van der Waals surface area contributed by atoms with Crippen LogP contribution in [0, 0.1) is 11.8 Å². The molecule has 0 aliphatic carbocycles. The Balaban J connectivity index is 1.88. The van der Waals surface area contributed by atoms with Gasteiger partial charge >= 0.3 is 6.69 Å². The molecule has 6 heteroatoms. The van der Waals surface area contributed by atoms with Crippen LogP contribution in [0.3, 0.4) is 0 Å². The van der Waals surface area contributed by atoms with Crippen LogP contribution in [0.1, 0.15) is 37.9 Å². The van der Waals surface area contributed by atoms with Crippen LogP contribution in [0.5, 0.6) is 0 Å². The van der Waals surface area contributed by atoms with E-state index in [2.05, 4.69) is 0 Å². The first-order chi connectivity index (χ1) is 12.9. The van der Waals surface area contributed by atoms with E-state index < -0.39 is 30.5 Å². The predicted octanol–water partition coefficient (Wildman–Crippen LogP) is 2.41. The molecule has 2 aliphatic heterocycles. The SMILES string of the molecule is CC1C(=O)O[B-]2(OC(=O)[C@@H]1C)c1ccccc1C=[N+]2[C@H](C)c1ccccc1. The molecule has 2 aromatic carbocycles. The van der Waals surface area contributed by atoms with Gasteiger partial charge in [0.25, 0.3) is 11.9 Å². The van der Waals surface area contributed by atoms with Crippen molar-refractivity contribution in [1.29, 1.82) is 0 Å². The van der Waals surface area contributed by atoms with E-state index in [0.717, 1.165) is 16.6 Å². The molecule has 2 heterocycles. The van der Waals surface area contributed by atoms with Crippen LogP contribution in [0.25, 0.3) is 0 Å². The number of benzene rings is 2. The highest BCUT2D eigenvalue weighted by atomic mass is 16.7. The average Bonchev–Trinajstić information content (AvgIpc) is 2.96. The van der Waals surface area contributed by atoms with E-state index in [9.17, 15) is 9.59 Å². The molecular weight excluding hydrogens is 341 g/mol. The second kappa shape index (κ2) is 6.37. The summed E-state index contributed by atoms with van der Waals surface area (Å²) in [7, 11) is 0. The zero-order valence-corrected chi connectivity index (χ0v) is 15.7. The molecular formula is C21H22BNO4. The fourth-order valence-electron chi connectivity index (χ4n) is 3.90. The molecule has 1 fully saturated rings. The predicted molar refractivity (Wildman–Crippen MR) is 103 cm³/mol. The lowest BCUT2D eigenvalue weighted by Gasteiger charge is -2.35. The van der Waals surface area contributed by atoms with Crippen LogP contribution < -0.4 is 5.46 Å². The quantitative estimate of drug-likeness (QED) is 0.769. The summed E-state index contributed by atoms with van der Waals surface area (Å²) in [5.41, 5.74) is 2.66. The third-order valence-corrected chi connectivity index (χ3v) is 5.84. The summed E-state index contributed by atoms with van der Waals surface area (Å²) in [5, 5.41) is 0. The Morgan fingerprint density at radius 3 is 2.07 bits per heavy atom. The summed E-state index contributed by atoms with van der Waals surface area (Å²) in [5.74, 6) is -1.94. The molecule has 2 aliphatic rings. The number of hydrogen-bond donors (Lipinski definition) is 0. The largest absolute Gasteiger partial charge is 0.684 e. The molecule has 2 unspecified atom stereocenters. The van der Waals surface area contributed by atoms with Crippen molar-refractivity contribution < 1.29 is 23.4 Å². The maximum Gasteiger partial charge on any atom is 0.684 e. The minimum absolute atomic E-state index is 0.150. The topological polar surface area (TPSA) is 55.6 Å². The molecule has 2 aromatic rings. The van der Waals surface area contributed by atoms with Gasteiger partial charge in [0.2, 0.25) is 0 Å². The van der Waals surface area contributed by atoms with E-state index in [0.29, 0.717) is 0 Å². The molecule has 0 N–H and O–H groups in total. The number of carbonyl (C=O) groups is 2. The highest BCUT2D eigenvalue weighted by Gasteiger charge is 2.59. The Kier molecular flexibility index (Phi) is 4.14. The minimum Gasteiger partial charge on any atom is -0.592 e. The summed E-state index contributed by atoms with van der Waals surface area (Å²) in [4.78, 5) is 25.5. The van der Waals surface area contributed by atoms with Crippen molar-refractivity contribution in [2.24, 2.45) is 11.8 Å². The molecule has 138 valence electrons. The van der Waals surface area contributed by atoms with Crippen molar-refractivity contribution in [1.82, 2.24) is 0 Å². The van der Waals surface area contributed by atoms with Crippen molar-refractivity contribution >= 4 is 30.3 Å². The highest BCUT2D eigenvalue weighted by molar-refractivity contribution is 6.79. The third-order valence-electron chi connectivity index (χ3n) is 5.84. The molecule has 0 saturated carbocycles. The summed E-state index contributed by atoms with van der Waals surface area (Å²) in [6.45, 7) is 2.98. The molecule has 4 rings (SSSR count). The Hall–Kier alpha value is -2.89. The smallest absolute Gasteiger partial charge is 0.592 e. The number of rotatable bonds is 2. The summed E-state index contributed by atoms with van der Waals surface area (Å²) < 4.78 is 13.8. The molecule has 5 nitrogen and oxygen atoms in total.